The molecule has 0 saturated heterocycles. The second-order valence-corrected chi connectivity index (χ2v) is 6.76. The van der Waals surface area contributed by atoms with E-state index in [2.05, 4.69) is 10.3 Å². The van der Waals surface area contributed by atoms with Crippen LogP contribution in [0.25, 0.3) is 0 Å². The molecule has 1 aliphatic rings. The summed E-state index contributed by atoms with van der Waals surface area (Å²) in [5.74, 6) is -0.114. The van der Waals surface area contributed by atoms with Crippen LogP contribution in [0.1, 0.15) is 27.6 Å². The number of rotatable bonds is 5. The minimum atomic E-state index is -0.450. The topological polar surface area (TPSA) is 78.7 Å². The van der Waals surface area contributed by atoms with Gasteiger partial charge in [-0.1, -0.05) is 42.5 Å². The lowest BCUT2D eigenvalue weighted by Gasteiger charge is -2.31. The molecule has 148 valence electrons. The number of nitrogens with one attached hydrogen (secondary N) is 1. The van der Waals surface area contributed by atoms with Crippen molar-refractivity contribution in [3.05, 3.63) is 83.2 Å². The first kappa shape index (κ1) is 18.7. The highest BCUT2D eigenvalue weighted by Gasteiger charge is 2.33. The number of aromatic nitrogens is 1. The molecule has 0 fully saturated rings. The van der Waals surface area contributed by atoms with E-state index in [1.807, 2.05) is 30.3 Å². The molecule has 2 aromatic carbocycles. The number of carbonyl (C=O) groups is 2. The molecule has 1 aromatic heterocycles. The summed E-state index contributed by atoms with van der Waals surface area (Å²) < 4.78 is 18.7. The first-order valence-corrected chi connectivity index (χ1v) is 9.10. The molecule has 0 spiro atoms. The molecule has 0 bridgehead atoms. The van der Waals surface area contributed by atoms with Crippen molar-refractivity contribution in [1.82, 2.24) is 15.2 Å². The number of fused-ring (bicyclic) bond motifs is 1. The molecular weight excluding hydrogens is 375 g/mol. The zero-order valence-corrected chi connectivity index (χ0v) is 15.8. The van der Waals surface area contributed by atoms with Gasteiger partial charge in [-0.2, -0.15) is 4.98 Å². The predicted octanol–water partition coefficient (Wildman–Crippen LogP) is 3.32. The number of anilines is 1. The molecular formula is C21H19FN4O3. The Hall–Kier alpha value is -3.68. The molecule has 1 N–H and O–H groups in total. The van der Waals surface area contributed by atoms with Crippen molar-refractivity contribution in [2.75, 3.05) is 11.9 Å². The van der Waals surface area contributed by atoms with Gasteiger partial charge in [0.25, 0.3) is 5.89 Å². The van der Waals surface area contributed by atoms with Crippen LogP contribution in [0.15, 0.2) is 59.0 Å². The lowest BCUT2D eigenvalue weighted by molar-refractivity contribution is 0.0913. The van der Waals surface area contributed by atoms with Gasteiger partial charge in [0.15, 0.2) is 11.6 Å². The van der Waals surface area contributed by atoms with Gasteiger partial charge < -0.3 is 14.6 Å². The normalized spacial score (nSPS) is 13.4. The monoisotopic (exact) mass is 394 g/mol. The third-order valence-corrected chi connectivity index (χ3v) is 4.66. The molecule has 0 saturated carbocycles. The zero-order valence-electron chi connectivity index (χ0n) is 15.8. The third kappa shape index (κ3) is 3.96. The first-order chi connectivity index (χ1) is 14.0. The van der Waals surface area contributed by atoms with Gasteiger partial charge in [-0.3, -0.25) is 9.69 Å². The summed E-state index contributed by atoms with van der Waals surface area (Å²) in [5.41, 5.74) is 1.74. The fourth-order valence-electron chi connectivity index (χ4n) is 3.14. The van der Waals surface area contributed by atoms with Crippen molar-refractivity contribution in [3.8, 4) is 0 Å². The summed E-state index contributed by atoms with van der Waals surface area (Å²) in [6.45, 7) is 0.812. The summed E-state index contributed by atoms with van der Waals surface area (Å²) in [6, 6.07) is 15.2. The summed E-state index contributed by atoms with van der Waals surface area (Å²) >= 11 is 0. The van der Waals surface area contributed by atoms with E-state index < -0.39 is 5.91 Å². The number of halogens is 1. The highest BCUT2D eigenvalue weighted by atomic mass is 19.1. The highest BCUT2D eigenvalue weighted by Crippen LogP contribution is 2.28. The van der Waals surface area contributed by atoms with E-state index in [1.54, 1.807) is 24.1 Å². The number of hydrogen-bond donors (Lipinski definition) is 1. The number of urea groups is 1. The van der Waals surface area contributed by atoms with Crippen molar-refractivity contribution in [3.63, 3.8) is 0 Å². The molecule has 8 heteroatoms. The molecule has 7 nitrogen and oxygen atoms in total. The Kier molecular flexibility index (Phi) is 4.99. The first-order valence-electron chi connectivity index (χ1n) is 9.10. The Labute approximate surface area is 166 Å². The van der Waals surface area contributed by atoms with E-state index in [9.17, 15) is 14.0 Å². The van der Waals surface area contributed by atoms with Crippen molar-refractivity contribution in [1.29, 1.82) is 0 Å². The molecule has 4 rings (SSSR count). The fourth-order valence-corrected chi connectivity index (χ4v) is 3.14. The van der Waals surface area contributed by atoms with Gasteiger partial charge in [-0.05, 0) is 23.3 Å². The van der Waals surface area contributed by atoms with E-state index in [0.717, 1.165) is 11.1 Å². The second kappa shape index (κ2) is 7.75. The van der Waals surface area contributed by atoms with Crippen LogP contribution in [0.5, 0.6) is 0 Å². The maximum absolute atomic E-state index is 13.1. The van der Waals surface area contributed by atoms with Gasteiger partial charge in [0, 0.05) is 20.1 Å². The van der Waals surface area contributed by atoms with Gasteiger partial charge in [-0.15, -0.1) is 0 Å². The largest absolute Gasteiger partial charge is 0.433 e. The lowest BCUT2D eigenvalue weighted by Crippen LogP contribution is -2.44. The fraction of sp³-hybridized carbons (Fsp3) is 0.190. The van der Waals surface area contributed by atoms with Gasteiger partial charge in [0.05, 0.1) is 6.54 Å². The number of hydrogen-bond acceptors (Lipinski definition) is 4. The van der Waals surface area contributed by atoms with Gasteiger partial charge in [0.1, 0.15) is 5.82 Å². The van der Waals surface area contributed by atoms with Crippen molar-refractivity contribution in [2.24, 2.45) is 0 Å². The van der Waals surface area contributed by atoms with Crippen molar-refractivity contribution >= 4 is 17.8 Å². The second-order valence-electron chi connectivity index (χ2n) is 6.76. The smallest absolute Gasteiger partial charge is 0.326 e. The van der Waals surface area contributed by atoms with Crippen LogP contribution in [-0.2, 0) is 19.6 Å². The number of oxazole rings is 1. The molecule has 29 heavy (non-hydrogen) atoms. The highest BCUT2D eigenvalue weighted by molar-refractivity contribution is 5.95. The predicted molar refractivity (Wildman–Crippen MR) is 104 cm³/mol. The molecule has 1 aliphatic heterocycles. The van der Waals surface area contributed by atoms with E-state index in [-0.39, 0.29) is 24.3 Å². The summed E-state index contributed by atoms with van der Waals surface area (Å²) in [4.78, 5) is 32.1. The maximum atomic E-state index is 13.1. The zero-order chi connectivity index (χ0) is 20.4. The molecule has 3 amide bonds. The number of nitrogens with zero attached hydrogens (tertiary/aromatic N) is 3. The number of carbonyl (C=O) groups excluding carboxylic acids is 2. The minimum Gasteiger partial charge on any atom is -0.433 e. The minimum absolute atomic E-state index is 0.0887. The van der Waals surface area contributed by atoms with Crippen LogP contribution in [0, 0.1) is 5.82 Å². The molecule has 0 aliphatic carbocycles. The number of amides is 3. The van der Waals surface area contributed by atoms with Gasteiger partial charge >= 0.3 is 11.9 Å². The molecule has 0 atom stereocenters. The summed E-state index contributed by atoms with van der Waals surface area (Å²) in [6.07, 6.45) is 0. The van der Waals surface area contributed by atoms with E-state index in [0.29, 0.717) is 24.7 Å². The molecule has 0 unspecified atom stereocenters. The van der Waals surface area contributed by atoms with E-state index in [4.69, 9.17) is 4.42 Å². The lowest BCUT2D eigenvalue weighted by atomic mass is 10.2. The van der Waals surface area contributed by atoms with Crippen LogP contribution >= 0.6 is 0 Å². The maximum Gasteiger partial charge on any atom is 0.326 e. The van der Waals surface area contributed by atoms with Crippen LogP contribution in [0.4, 0.5) is 15.0 Å². The third-order valence-electron chi connectivity index (χ3n) is 4.66. The average Bonchev–Trinajstić information content (AvgIpc) is 3.17. The Morgan fingerprint density at radius 2 is 1.86 bits per heavy atom. The van der Waals surface area contributed by atoms with Crippen LogP contribution in [-0.4, -0.2) is 28.9 Å². The average molecular weight is 394 g/mol. The van der Waals surface area contributed by atoms with Crippen LogP contribution in [0.3, 0.4) is 0 Å². The van der Waals surface area contributed by atoms with Crippen LogP contribution in [0.2, 0.25) is 0 Å². The summed E-state index contributed by atoms with van der Waals surface area (Å²) in [5, 5.41) is 2.76. The molecule has 3 aromatic rings. The molecule has 2 heterocycles. The van der Waals surface area contributed by atoms with Gasteiger partial charge in [0.2, 0.25) is 0 Å². The Morgan fingerprint density at radius 1 is 1.14 bits per heavy atom. The Morgan fingerprint density at radius 3 is 2.59 bits per heavy atom. The number of benzene rings is 2. The van der Waals surface area contributed by atoms with Crippen molar-refractivity contribution in [2.45, 2.75) is 19.6 Å². The van der Waals surface area contributed by atoms with Crippen LogP contribution < -0.4 is 10.2 Å². The Balaban J connectivity index is 1.47. The van der Waals surface area contributed by atoms with Crippen molar-refractivity contribution < 1.29 is 18.4 Å². The Bertz CT molecular complexity index is 1030. The summed E-state index contributed by atoms with van der Waals surface area (Å²) in [7, 11) is 1.58. The molecule has 0 radical (unpaired) electrons. The van der Waals surface area contributed by atoms with E-state index in [1.165, 1.54) is 17.0 Å². The van der Waals surface area contributed by atoms with E-state index >= 15 is 0 Å². The SMILES string of the molecule is CN1C(=O)N(Cc2ccc(F)cc2)Cc2oc(C(=O)NCc3ccccc3)nc21. The quantitative estimate of drug-likeness (QED) is 0.720. The standard InChI is InChI=1S/C21H19FN4O3/c1-25-18-17(13-26(21(25)28)12-15-7-9-16(22)10-8-15)29-20(24-18)19(27)23-11-14-5-3-2-4-6-14/h2-10H,11-13H2,1H3,(H,23,27). The van der Waals surface area contributed by atoms with Gasteiger partial charge in [-0.25, -0.2) is 9.18 Å².